The first kappa shape index (κ1) is 11.3. The highest BCUT2D eigenvalue weighted by atomic mass is 32.1. The summed E-state index contributed by atoms with van der Waals surface area (Å²) in [5.74, 6) is 0. The first-order valence-corrected chi connectivity index (χ1v) is 4.49. The maximum Gasteiger partial charge on any atom is 0.0623 e. The molecule has 0 N–H and O–H groups in total. The average molecular weight is 176 g/mol. The van der Waals surface area contributed by atoms with E-state index in [4.69, 9.17) is 4.74 Å². The summed E-state index contributed by atoms with van der Waals surface area (Å²) in [4.78, 5) is 0. The third kappa shape index (κ3) is 6.70. The van der Waals surface area contributed by atoms with Crippen LogP contribution in [0, 0.1) is 0 Å². The molecule has 0 spiro atoms. The van der Waals surface area contributed by atoms with E-state index in [2.05, 4.69) is 40.3 Å². The number of rotatable bonds is 4. The summed E-state index contributed by atoms with van der Waals surface area (Å²) >= 11 is 4.45. The largest absolute Gasteiger partial charge is 0.379 e. The van der Waals surface area contributed by atoms with Gasteiger partial charge in [0.15, 0.2) is 0 Å². The van der Waals surface area contributed by atoms with Crippen LogP contribution in [-0.4, -0.2) is 17.5 Å². The summed E-state index contributed by atoms with van der Waals surface area (Å²) in [7, 11) is 1.76. The lowest BCUT2D eigenvalue weighted by molar-refractivity contribution is 0.0124. The van der Waals surface area contributed by atoms with E-state index in [9.17, 15) is 0 Å². The van der Waals surface area contributed by atoms with Gasteiger partial charge in [-0.1, -0.05) is 13.8 Å². The highest BCUT2D eigenvalue weighted by Crippen LogP contribution is 2.25. The second-order valence-corrected chi connectivity index (χ2v) is 5.49. The molecule has 0 aromatic rings. The highest BCUT2D eigenvalue weighted by Gasteiger charge is 2.20. The van der Waals surface area contributed by atoms with Gasteiger partial charge < -0.3 is 4.74 Å². The van der Waals surface area contributed by atoms with E-state index in [1.54, 1.807) is 7.11 Å². The van der Waals surface area contributed by atoms with E-state index in [1.165, 1.54) is 0 Å². The molecule has 0 aromatic carbocycles. The fourth-order valence-corrected chi connectivity index (χ4v) is 0.821. The van der Waals surface area contributed by atoms with E-state index in [0.717, 1.165) is 12.8 Å². The summed E-state index contributed by atoms with van der Waals surface area (Å²) in [6.45, 7) is 8.46. The molecule has 0 heterocycles. The van der Waals surface area contributed by atoms with Crippen molar-refractivity contribution in [2.24, 2.45) is 0 Å². The van der Waals surface area contributed by atoms with Crippen molar-refractivity contribution in [1.82, 2.24) is 0 Å². The van der Waals surface area contributed by atoms with Crippen molar-refractivity contribution in [3.05, 3.63) is 0 Å². The van der Waals surface area contributed by atoms with Crippen LogP contribution in [0.5, 0.6) is 0 Å². The van der Waals surface area contributed by atoms with E-state index in [0.29, 0.717) is 0 Å². The van der Waals surface area contributed by atoms with Gasteiger partial charge in [0, 0.05) is 11.9 Å². The quantitative estimate of drug-likeness (QED) is 0.648. The topological polar surface area (TPSA) is 9.23 Å². The van der Waals surface area contributed by atoms with Crippen LogP contribution >= 0.6 is 12.6 Å². The molecule has 1 nitrogen and oxygen atoms in total. The number of hydrogen-bond acceptors (Lipinski definition) is 2. The van der Waals surface area contributed by atoms with E-state index < -0.39 is 0 Å². The Balaban J connectivity index is 3.70. The summed E-state index contributed by atoms with van der Waals surface area (Å²) < 4.78 is 5.42. The molecule has 0 atom stereocenters. The first-order valence-electron chi connectivity index (χ1n) is 4.04. The Labute approximate surface area is 75.9 Å². The number of hydrogen-bond donors (Lipinski definition) is 1. The molecular formula is C9H20OS. The SMILES string of the molecule is COC(C)(C)CCC(C)(C)S. The van der Waals surface area contributed by atoms with Gasteiger partial charge in [0.25, 0.3) is 0 Å². The van der Waals surface area contributed by atoms with Crippen molar-refractivity contribution in [3.63, 3.8) is 0 Å². The minimum Gasteiger partial charge on any atom is -0.379 e. The standard InChI is InChI=1S/C9H20OS/c1-8(2,10-5)6-7-9(3,4)11/h11H,6-7H2,1-5H3. The number of ether oxygens (including phenoxy) is 1. The van der Waals surface area contributed by atoms with Crippen molar-refractivity contribution in [2.45, 2.75) is 50.9 Å². The van der Waals surface area contributed by atoms with Gasteiger partial charge in [-0.2, -0.15) is 12.6 Å². The number of methoxy groups -OCH3 is 1. The lowest BCUT2D eigenvalue weighted by atomic mass is 9.96. The van der Waals surface area contributed by atoms with Crippen molar-refractivity contribution in [1.29, 1.82) is 0 Å². The first-order chi connectivity index (χ1) is 4.77. The minimum atomic E-state index is 0. The van der Waals surface area contributed by atoms with Crippen LogP contribution in [0.25, 0.3) is 0 Å². The van der Waals surface area contributed by atoms with Crippen molar-refractivity contribution in [2.75, 3.05) is 7.11 Å². The molecule has 2 heteroatoms. The van der Waals surface area contributed by atoms with E-state index in [1.807, 2.05) is 0 Å². The van der Waals surface area contributed by atoms with E-state index >= 15 is 0 Å². The Morgan fingerprint density at radius 3 is 1.82 bits per heavy atom. The highest BCUT2D eigenvalue weighted by molar-refractivity contribution is 7.81. The molecule has 0 fully saturated rings. The predicted octanol–water partition coefficient (Wildman–Crippen LogP) is 2.90. The van der Waals surface area contributed by atoms with Crippen LogP contribution in [-0.2, 0) is 4.74 Å². The molecule has 0 aliphatic carbocycles. The van der Waals surface area contributed by atoms with Gasteiger partial charge in [-0.25, -0.2) is 0 Å². The molecule has 68 valence electrons. The lowest BCUT2D eigenvalue weighted by Crippen LogP contribution is -2.25. The normalized spacial score (nSPS) is 13.6. The molecule has 0 radical (unpaired) electrons. The third-order valence-electron chi connectivity index (χ3n) is 1.89. The van der Waals surface area contributed by atoms with Gasteiger partial charge in [-0.3, -0.25) is 0 Å². The fourth-order valence-electron chi connectivity index (χ4n) is 0.709. The number of thiol groups is 1. The molecule has 0 saturated carbocycles. The maximum atomic E-state index is 5.30. The van der Waals surface area contributed by atoms with Crippen molar-refractivity contribution < 1.29 is 4.74 Å². The summed E-state index contributed by atoms with van der Waals surface area (Å²) in [5, 5.41) is 0. The minimum absolute atomic E-state index is 0. The molecule has 0 amide bonds. The zero-order chi connectivity index (χ0) is 9.12. The molecule has 0 unspecified atom stereocenters. The molecule has 11 heavy (non-hydrogen) atoms. The zero-order valence-corrected chi connectivity index (χ0v) is 9.16. The Morgan fingerprint density at radius 2 is 1.55 bits per heavy atom. The second kappa shape index (κ2) is 3.81. The van der Waals surface area contributed by atoms with Crippen molar-refractivity contribution in [3.8, 4) is 0 Å². The van der Waals surface area contributed by atoms with Crippen LogP contribution < -0.4 is 0 Å². The maximum absolute atomic E-state index is 5.30. The average Bonchev–Trinajstić information content (AvgIpc) is 1.83. The molecule has 0 aliphatic rings. The molecule has 0 saturated heterocycles. The van der Waals surface area contributed by atoms with Crippen LogP contribution in [0.1, 0.15) is 40.5 Å². The van der Waals surface area contributed by atoms with Gasteiger partial charge in [-0.05, 0) is 26.7 Å². The molecule has 0 aromatic heterocycles. The summed E-state index contributed by atoms with van der Waals surface area (Å²) in [6.07, 6.45) is 2.14. The Kier molecular flexibility index (Phi) is 3.92. The predicted molar refractivity (Wildman–Crippen MR) is 53.4 cm³/mol. The molecule has 0 rings (SSSR count). The van der Waals surface area contributed by atoms with Gasteiger partial charge in [0.2, 0.25) is 0 Å². The Hall–Kier alpha value is 0.310. The van der Waals surface area contributed by atoms with Crippen LogP contribution in [0.3, 0.4) is 0 Å². The summed E-state index contributed by atoms with van der Waals surface area (Å²) in [5.41, 5.74) is 0. The monoisotopic (exact) mass is 176 g/mol. The van der Waals surface area contributed by atoms with Gasteiger partial charge in [0.05, 0.1) is 5.60 Å². The Bertz CT molecular complexity index is 113. The second-order valence-electron chi connectivity index (χ2n) is 4.28. The van der Waals surface area contributed by atoms with Crippen LogP contribution in [0.15, 0.2) is 0 Å². The Morgan fingerprint density at radius 1 is 1.09 bits per heavy atom. The van der Waals surface area contributed by atoms with Gasteiger partial charge in [0.1, 0.15) is 0 Å². The van der Waals surface area contributed by atoms with Crippen LogP contribution in [0.4, 0.5) is 0 Å². The smallest absolute Gasteiger partial charge is 0.0623 e. The van der Waals surface area contributed by atoms with Crippen molar-refractivity contribution >= 4 is 12.6 Å². The lowest BCUT2D eigenvalue weighted by Gasteiger charge is -2.27. The fraction of sp³-hybridized carbons (Fsp3) is 1.00. The third-order valence-corrected chi connectivity index (χ3v) is 2.12. The van der Waals surface area contributed by atoms with Gasteiger partial charge >= 0.3 is 0 Å². The van der Waals surface area contributed by atoms with Crippen LogP contribution in [0.2, 0.25) is 0 Å². The summed E-state index contributed by atoms with van der Waals surface area (Å²) in [6, 6.07) is 0. The zero-order valence-electron chi connectivity index (χ0n) is 8.27. The molecule has 0 bridgehead atoms. The van der Waals surface area contributed by atoms with E-state index in [-0.39, 0.29) is 10.3 Å². The van der Waals surface area contributed by atoms with Gasteiger partial charge in [-0.15, -0.1) is 0 Å². The molecule has 0 aliphatic heterocycles. The molecular weight excluding hydrogens is 156 g/mol.